The Morgan fingerprint density at radius 2 is 2.06 bits per heavy atom. The van der Waals surface area contributed by atoms with Crippen molar-refractivity contribution in [1.82, 2.24) is 14.8 Å². The Labute approximate surface area is 105 Å². The molecule has 0 saturated carbocycles. The number of sulfonamides is 1. The maximum absolute atomic E-state index is 12.4. The van der Waals surface area contributed by atoms with Crippen molar-refractivity contribution in [2.75, 3.05) is 26.2 Å². The highest BCUT2D eigenvalue weighted by Crippen LogP contribution is 2.21. The van der Waals surface area contributed by atoms with Crippen LogP contribution in [0, 0.1) is 0 Å². The molecule has 0 bridgehead atoms. The van der Waals surface area contributed by atoms with Crippen molar-refractivity contribution >= 4 is 21.0 Å². The monoisotopic (exact) mass is 267 g/mol. The van der Waals surface area contributed by atoms with Gasteiger partial charge in [-0.2, -0.15) is 4.31 Å². The lowest BCUT2D eigenvalue weighted by Gasteiger charge is -2.26. The van der Waals surface area contributed by atoms with Gasteiger partial charge in [-0.25, -0.2) is 8.42 Å². The lowest BCUT2D eigenvalue weighted by atomic mass is 10.3. The first-order valence-electron chi connectivity index (χ1n) is 5.73. The number of nitrogens with zero attached hydrogens (tertiary/aromatic N) is 2. The van der Waals surface area contributed by atoms with E-state index in [1.54, 1.807) is 18.2 Å². The third-order valence-electron chi connectivity index (χ3n) is 3.04. The molecule has 0 amide bonds. The zero-order chi connectivity index (χ0) is 12.6. The van der Waals surface area contributed by atoms with Gasteiger partial charge in [-0.3, -0.25) is 0 Å². The SMILES string of the molecule is O=S(=O)(c1ccc2oncc2c1)N1CCNCC1. The molecule has 3 rings (SSSR count). The average molecular weight is 267 g/mol. The normalized spacial score (nSPS) is 18.2. The Kier molecular flexibility index (Phi) is 2.81. The van der Waals surface area contributed by atoms with Gasteiger partial charge in [0.15, 0.2) is 5.58 Å². The number of fused-ring (bicyclic) bond motifs is 1. The zero-order valence-corrected chi connectivity index (χ0v) is 10.5. The fourth-order valence-electron chi connectivity index (χ4n) is 2.04. The molecule has 1 saturated heterocycles. The lowest BCUT2D eigenvalue weighted by molar-refractivity contribution is 0.360. The second kappa shape index (κ2) is 4.34. The molecule has 0 atom stereocenters. The molecule has 2 heterocycles. The third kappa shape index (κ3) is 1.90. The van der Waals surface area contributed by atoms with Crippen molar-refractivity contribution in [2.24, 2.45) is 0 Å². The Morgan fingerprint density at radius 3 is 2.83 bits per heavy atom. The number of hydrogen-bond acceptors (Lipinski definition) is 5. The number of aromatic nitrogens is 1. The van der Waals surface area contributed by atoms with Crippen LogP contribution in [0.2, 0.25) is 0 Å². The number of rotatable bonds is 2. The quantitative estimate of drug-likeness (QED) is 0.853. The van der Waals surface area contributed by atoms with E-state index >= 15 is 0 Å². The van der Waals surface area contributed by atoms with Crippen molar-refractivity contribution in [2.45, 2.75) is 4.90 Å². The van der Waals surface area contributed by atoms with Crippen LogP contribution in [0.3, 0.4) is 0 Å². The maximum atomic E-state index is 12.4. The van der Waals surface area contributed by atoms with E-state index in [1.165, 1.54) is 10.5 Å². The molecule has 7 heteroatoms. The second-order valence-corrected chi connectivity index (χ2v) is 6.12. The second-order valence-electron chi connectivity index (χ2n) is 4.18. The number of hydrogen-bond donors (Lipinski definition) is 1. The first-order chi connectivity index (χ1) is 8.68. The van der Waals surface area contributed by atoms with Crippen LogP contribution in [0.5, 0.6) is 0 Å². The topological polar surface area (TPSA) is 75.4 Å². The molecular weight excluding hydrogens is 254 g/mol. The van der Waals surface area contributed by atoms with Crippen LogP contribution in [-0.4, -0.2) is 44.1 Å². The van der Waals surface area contributed by atoms with Crippen molar-refractivity contribution in [3.63, 3.8) is 0 Å². The number of benzene rings is 1. The van der Waals surface area contributed by atoms with E-state index in [2.05, 4.69) is 10.5 Å². The van der Waals surface area contributed by atoms with Crippen LogP contribution in [0.25, 0.3) is 11.0 Å². The third-order valence-corrected chi connectivity index (χ3v) is 4.93. The minimum Gasteiger partial charge on any atom is -0.356 e. The summed E-state index contributed by atoms with van der Waals surface area (Å²) >= 11 is 0. The van der Waals surface area contributed by atoms with Crippen molar-refractivity contribution in [1.29, 1.82) is 0 Å². The molecule has 1 fully saturated rings. The highest BCUT2D eigenvalue weighted by Gasteiger charge is 2.26. The fraction of sp³-hybridized carbons (Fsp3) is 0.364. The summed E-state index contributed by atoms with van der Waals surface area (Å²) in [6.07, 6.45) is 1.52. The molecule has 0 aliphatic carbocycles. The van der Waals surface area contributed by atoms with Gasteiger partial charge in [0, 0.05) is 31.6 Å². The smallest absolute Gasteiger partial charge is 0.243 e. The van der Waals surface area contributed by atoms with E-state index < -0.39 is 10.0 Å². The zero-order valence-electron chi connectivity index (χ0n) is 9.67. The highest BCUT2D eigenvalue weighted by atomic mass is 32.2. The summed E-state index contributed by atoms with van der Waals surface area (Å²) in [4.78, 5) is 0.292. The van der Waals surface area contributed by atoms with Gasteiger partial charge in [0.2, 0.25) is 10.0 Å². The van der Waals surface area contributed by atoms with Gasteiger partial charge >= 0.3 is 0 Å². The van der Waals surface area contributed by atoms with Crippen LogP contribution >= 0.6 is 0 Å². The summed E-state index contributed by atoms with van der Waals surface area (Å²) in [5, 5.41) is 7.48. The van der Waals surface area contributed by atoms with E-state index in [1.807, 2.05) is 0 Å². The highest BCUT2D eigenvalue weighted by molar-refractivity contribution is 7.89. The number of piperazine rings is 1. The summed E-state index contributed by atoms with van der Waals surface area (Å²) in [6.45, 7) is 2.39. The van der Waals surface area contributed by atoms with E-state index in [0.29, 0.717) is 42.0 Å². The summed E-state index contributed by atoms with van der Waals surface area (Å²) in [6, 6.07) is 4.80. The minimum absolute atomic E-state index is 0.292. The first-order valence-corrected chi connectivity index (χ1v) is 7.17. The van der Waals surface area contributed by atoms with E-state index in [-0.39, 0.29) is 0 Å². The fourth-order valence-corrected chi connectivity index (χ4v) is 3.52. The molecule has 1 aromatic heterocycles. The molecule has 96 valence electrons. The lowest BCUT2D eigenvalue weighted by Crippen LogP contribution is -2.46. The Bertz CT molecular complexity index is 659. The molecule has 1 aliphatic rings. The van der Waals surface area contributed by atoms with Gasteiger partial charge in [0.05, 0.1) is 11.1 Å². The van der Waals surface area contributed by atoms with Crippen molar-refractivity contribution < 1.29 is 12.9 Å². The van der Waals surface area contributed by atoms with Gasteiger partial charge in [0.25, 0.3) is 0 Å². The molecule has 18 heavy (non-hydrogen) atoms. The van der Waals surface area contributed by atoms with Gasteiger partial charge in [0.1, 0.15) is 0 Å². The van der Waals surface area contributed by atoms with Crippen LogP contribution in [0.15, 0.2) is 33.8 Å². The minimum atomic E-state index is -3.41. The first kappa shape index (κ1) is 11.6. The van der Waals surface area contributed by atoms with Crippen LogP contribution < -0.4 is 5.32 Å². The molecule has 1 aliphatic heterocycles. The maximum Gasteiger partial charge on any atom is 0.243 e. The van der Waals surface area contributed by atoms with Crippen LogP contribution in [0.1, 0.15) is 0 Å². The Morgan fingerprint density at radius 1 is 1.28 bits per heavy atom. The Hall–Kier alpha value is -1.44. The summed E-state index contributed by atoms with van der Waals surface area (Å²) in [5.74, 6) is 0. The van der Waals surface area contributed by atoms with Crippen LogP contribution in [0.4, 0.5) is 0 Å². The molecule has 6 nitrogen and oxygen atoms in total. The molecular formula is C11H13N3O3S. The predicted octanol–water partition coefficient (Wildman–Crippen LogP) is 0.422. The predicted molar refractivity (Wildman–Crippen MR) is 65.6 cm³/mol. The largest absolute Gasteiger partial charge is 0.356 e. The average Bonchev–Trinajstić information content (AvgIpc) is 2.87. The van der Waals surface area contributed by atoms with E-state index in [0.717, 1.165) is 0 Å². The molecule has 0 spiro atoms. The Balaban J connectivity index is 2.01. The summed E-state index contributed by atoms with van der Waals surface area (Å²) < 4.78 is 31.3. The molecule has 1 N–H and O–H groups in total. The van der Waals surface area contributed by atoms with Crippen LogP contribution in [-0.2, 0) is 10.0 Å². The molecule has 0 unspecified atom stereocenters. The summed E-state index contributed by atoms with van der Waals surface area (Å²) in [5.41, 5.74) is 0.592. The molecule has 1 aromatic carbocycles. The summed E-state index contributed by atoms with van der Waals surface area (Å²) in [7, 11) is -3.41. The van der Waals surface area contributed by atoms with Crippen molar-refractivity contribution in [3.8, 4) is 0 Å². The van der Waals surface area contributed by atoms with Crippen molar-refractivity contribution in [3.05, 3.63) is 24.4 Å². The molecule has 0 radical (unpaired) electrons. The van der Waals surface area contributed by atoms with Gasteiger partial charge in [-0.15, -0.1) is 0 Å². The van der Waals surface area contributed by atoms with E-state index in [9.17, 15) is 8.42 Å². The van der Waals surface area contributed by atoms with Gasteiger partial charge in [-0.1, -0.05) is 5.16 Å². The van der Waals surface area contributed by atoms with E-state index in [4.69, 9.17) is 4.52 Å². The number of nitrogens with one attached hydrogen (secondary N) is 1. The molecule has 2 aromatic rings. The van der Waals surface area contributed by atoms with Gasteiger partial charge in [-0.05, 0) is 18.2 Å². The van der Waals surface area contributed by atoms with Gasteiger partial charge < -0.3 is 9.84 Å². The standard InChI is InChI=1S/C11H13N3O3S/c15-18(16,14-5-3-12-4-6-14)10-1-2-11-9(7-10)8-13-17-11/h1-2,7-8,12H,3-6H2.